The fraction of sp³-hybridized carbons (Fsp3) is 0.476. The van der Waals surface area contributed by atoms with Crippen molar-refractivity contribution in [2.45, 2.75) is 26.3 Å². The Kier molecular flexibility index (Phi) is 6.18. The van der Waals surface area contributed by atoms with Crippen molar-refractivity contribution in [3.05, 3.63) is 30.0 Å². The van der Waals surface area contributed by atoms with Gasteiger partial charge in [0, 0.05) is 38.3 Å². The van der Waals surface area contributed by atoms with Gasteiger partial charge in [-0.1, -0.05) is 25.5 Å². The summed E-state index contributed by atoms with van der Waals surface area (Å²) >= 11 is 0. The standard InChI is InChI=1S/C21H30N8O/c1-3-4-8-24-20-18-16(25-21(22)26-20)14-29(27-18)13-15-6-5-7-17(19(15)30-2)28-11-9-23-10-12-28/h5-7,14,23H,3-4,8-13H2,1-2H3,(H3,22,24,25,26). The van der Waals surface area contributed by atoms with Crippen molar-refractivity contribution in [2.24, 2.45) is 0 Å². The van der Waals surface area contributed by atoms with Gasteiger partial charge >= 0.3 is 0 Å². The first kappa shape index (κ1) is 20.2. The van der Waals surface area contributed by atoms with E-state index >= 15 is 0 Å². The number of hydrogen-bond acceptors (Lipinski definition) is 8. The number of unbranched alkanes of at least 4 members (excludes halogenated alkanes) is 1. The van der Waals surface area contributed by atoms with E-state index in [9.17, 15) is 0 Å². The minimum absolute atomic E-state index is 0.249. The van der Waals surface area contributed by atoms with Gasteiger partial charge in [-0.25, -0.2) is 4.98 Å². The molecule has 9 heteroatoms. The number of fused-ring (bicyclic) bond motifs is 1. The number of nitrogens with one attached hydrogen (secondary N) is 2. The molecule has 1 fully saturated rings. The van der Waals surface area contributed by atoms with Crippen LogP contribution in [0.25, 0.3) is 11.0 Å². The molecule has 3 aromatic rings. The maximum absolute atomic E-state index is 5.91. The summed E-state index contributed by atoms with van der Waals surface area (Å²) in [5.41, 5.74) is 9.57. The van der Waals surface area contributed by atoms with Crippen LogP contribution in [0.5, 0.6) is 5.75 Å². The molecule has 30 heavy (non-hydrogen) atoms. The fourth-order valence-electron chi connectivity index (χ4n) is 3.83. The average Bonchev–Trinajstić information content (AvgIpc) is 3.16. The van der Waals surface area contributed by atoms with Crippen molar-refractivity contribution in [1.82, 2.24) is 25.1 Å². The van der Waals surface area contributed by atoms with Crippen molar-refractivity contribution in [2.75, 3.05) is 55.8 Å². The quantitative estimate of drug-likeness (QED) is 0.485. The van der Waals surface area contributed by atoms with E-state index in [0.29, 0.717) is 12.4 Å². The maximum atomic E-state index is 5.91. The van der Waals surface area contributed by atoms with Crippen LogP contribution in [0.3, 0.4) is 0 Å². The number of nitrogen functional groups attached to an aromatic ring is 1. The van der Waals surface area contributed by atoms with Gasteiger partial charge in [0.15, 0.2) is 11.3 Å². The van der Waals surface area contributed by atoms with Crippen LogP contribution in [0.15, 0.2) is 24.4 Å². The second kappa shape index (κ2) is 9.17. The number of para-hydroxylation sites is 1. The first-order chi connectivity index (χ1) is 14.7. The summed E-state index contributed by atoms with van der Waals surface area (Å²) < 4.78 is 7.70. The minimum Gasteiger partial charge on any atom is -0.494 e. The van der Waals surface area contributed by atoms with Crippen LogP contribution in [0.1, 0.15) is 25.3 Å². The molecule has 1 aromatic carbocycles. The van der Waals surface area contributed by atoms with Gasteiger partial charge in [-0.3, -0.25) is 4.68 Å². The van der Waals surface area contributed by atoms with Crippen LogP contribution in [0.2, 0.25) is 0 Å². The number of rotatable bonds is 8. The molecule has 9 nitrogen and oxygen atoms in total. The smallest absolute Gasteiger partial charge is 0.222 e. The van der Waals surface area contributed by atoms with Crippen molar-refractivity contribution in [1.29, 1.82) is 0 Å². The molecule has 0 saturated carbocycles. The summed E-state index contributed by atoms with van der Waals surface area (Å²) in [5, 5.41) is 11.5. The summed E-state index contributed by atoms with van der Waals surface area (Å²) in [5.74, 6) is 1.83. The summed E-state index contributed by atoms with van der Waals surface area (Å²) in [7, 11) is 1.73. The molecule has 2 aromatic heterocycles. The lowest BCUT2D eigenvalue weighted by Gasteiger charge is -2.31. The largest absolute Gasteiger partial charge is 0.494 e. The van der Waals surface area contributed by atoms with E-state index < -0.39 is 0 Å². The number of ether oxygens (including phenoxy) is 1. The van der Waals surface area contributed by atoms with E-state index in [-0.39, 0.29) is 5.95 Å². The van der Waals surface area contributed by atoms with E-state index in [1.54, 1.807) is 7.11 Å². The van der Waals surface area contributed by atoms with E-state index in [1.165, 1.54) is 0 Å². The molecular weight excluding hydrogens is 380 g/mol. The minimum atomic E-state index is 0.249. The van der Waals surface area contributed by atoms with Crippen molar-refractivity contribution in [3.63, 3.8) is 0 Å². The van der Waals surface area contributed by atoms with E-state index in [4.69, 9.17) is 15.6 Å². The second-order valence-corrected chi connectivity index (χ2v) is 7.48. The van der Waals surface area contributed by atoms with Gasteiger partial charge in [0.25, 0.3) is 0 Å². The molecule has 1 saturated heterocycles. The third-order valence-corrected chi connectivity index (χ3v) is 5.32. The second-order valence-electron chi connectivity index (χ2n) is 7.48. The Labute approximate surface area is 176 Å². The Morgan fingerprint density at radius 1 is 1.23 bits per heavy atom. The first-order valence-electron chi connectivity index (χ1n) is 10.6. The Morgan fingerprint density at radius 2 is 2.07 bits per heavy atom. The zero-order valence-electron chi connectivity index (χ0n) is 17.7. The topological polar surface area (TPSA) is 106 Å². The Morgan fingerprint density at radius 3 is 2.83 bits per heavy atom. The zero-order chi connectivity index (χ0) is 20.9. The number of benzene rings is 1. The molecule has 3 heterocycles. The van der Waals surface area contributed by atoms with Crippen molar-refractivity contribution < 1.29 is 4.74 Å². The van der Waals surface area contributed by atoms with Crippen molar-refractivity contribution >= 4 is 28.5 Å². The number of anilines is 3. The number of nitrogens with zero attached hydrogens (tertiary/aromatic N) is 5. The van der Waals surface area contributed by atoms with Crippen LogP contribution in [0.4, 0.5) is 17.5 Å². The highest BCUT2D eigenvalue weighted by Crippen LogP contribution is 2.33. The molecule has 4 rings (SSSR count). The molecule has 160 valence electrons. The maximum Gasteiger partial charge on any atom is 0.222 e. The highest BCUT2D eigenvalue weighted by atomic mass is 16.5. The number of piperazine rings is 1. The number of nitrogens with two attached hydrogens (primary N) is 1. The van der Waals surface area contributed by atoms with Gasteiger partial charge in [-0.05, 0) is 12.5 Å². The predicted molar refractivity (Wildman–Crippen MR) is 120 cm³/mol. The molecule has 0 amide bonds. The van der Waals surface area contributed by atoms with Gasteiger partial charge in [0.05, 0.1) is 25.5 Å². The van der Waals surface area contributed by atoms with Crippen LogP contribution in [-0.4, -0.2) is 59.6 Å². The third-order valence-electron chi connectivity index (χ3n) is 5.32. The summed E-state index contributed by atoms with van der Waals surface area (Å²) in [6.07, 6.45) is 4.08. The van der Waals surface area contributed by atoms with Gasteiger partial charge in [-0.2, -0.15) is 10.1 Å². The first-order valence-corrected chi connectivity index (χ1v) is 10.6. The Hall–Kier alpha value is -3.07. The van der Waals surface area contributed by atoms with Crippen molar-refractivity contribution in [3.8, 4) is 5.75 Å². The molecule has 1 aliphatic rings. The highest BCUT2D eigenvalue weighted by Gasteiger charge is 2.18. The summed E-state index contributed by atoms with van der Waals surface area (Å²) in [6, 6.07) is 6.28. The normalized spacial score (nSPS) is 14.3. The van der Waals surface area contributed by atoms with Crippen LogP contribution in [0, 0.1) is 0 Å². The average molecular weight is 411 g/mol. The third kappa shape index (κ3) is 4.25. The van der Waals surface area contributed by atoms with Crippen LogP contribution >= 0.6 is 0 Å². The van der Waals surface area contributed by atoms with Gasteiger partial charge in [0.1, 0.15) is 11.3 Å². The number of methoxy groups -OCH3 is 1. The van der Waals surface area contributed by atoms with E-state index in [1.807, 2.05) is 10.9 Å². The molecule has 0 spiro atoms. The van der Waals surface area contributed by atoms with E-state index in [2.05, 4.69) is 50.6 Å². The number of hydrogen-bond donors (Lipinski definition) is 3. The molecule has 0 aliphatic carbocycles. The van der Waals surface area contributed by atoms with Crippen LogP contribution < -0.4 is 26.0 Å². The number of aromatic nitrogens is 4. The van der Waals surface area contributed by atoms with Gasteiger partial charge in [0.2, 0.25) is 5.95 Å². The lowest BCUT2D eigenvalue weighted by Crippen LogP contribution is -2.43. The molecule has 0 bridgehead atoms. The summed E-state index contributed by atoms with van der Waals surface area (Å²) in [4.78, 5) is 11.1. The lowest BCUT2D eigenvalue weighted by atomic mass is 10.1. The molecule has 0 unspecified atom stereocenters. The SMILES string of the molecule is CCCCNc1nc(N)nc2cn(Cc3cccc(N4CCNCC4)c3OC)nc12. The summed E-state index contributed by atoms with van der Waals surface area (Å²) in [6.45, 7) is 7.45. The zero-order valence-corrected chi connectivity index (χ0v) is 17.7. The molecule has 4 N–H and O–H groups in total. The molecular formula is C21H30N8O. The van der Waals surface area contributed by atoms with E-state index in [0.717, 1.165) is 73.6 Å². The van der Waals surface area contributed by atoms with Gasteiger partial charge in [-0.15, -0.1) is 0 Å². The fourth-order valence-corrected chi connectivity index (χ4v) is 3.83. The van der Waals surface area contributed by atoms with Gasteiger partial charge < -0.3 is 26.0 Å². The predicted octanol–water partition coefficient (Wildman–Crippen LogP) is 2.09. The molecule has 1 aliphatic heterocycles. The highest BCUT2D eigenvalue weighted by molar-refractivity contribution is 5.85. The molecule has 0 atom stereocenters. The lowest BCUT2D eigenvalue weighted by molar-refractivity contribution is 0.406. The Bertz CT molecular complexity index is 996. The Balaban J connectivity index is 1.63. The molecule has 0 radical (unpaired) electrons. The monoisotopic (exact) mass is 410 g/mol. The van der Waals surface area contributed by atoms with Crippen LogP contribution in [-0.2, 0) is 6.54 Å².